The summed E-state index contributed by atoms with van der Waals surface area (Å²) >= 11 is 0. The minimum atomic E-state index is 0.297. The Morgan fingerprint density at radius 3 is 2.75 bits per heavy atom. The average molecular weight is 167 g/mol. The monoisotopic (exact) mass is 167 g/mol. The maximum atomic E-state index is 5.97. The Labute approximate surface area is 73.8 Å². The van der Waals surface area contributed by atoms with Crippen molar-refractivity contribution in [2.24, 2.45) is 11.1 Å². The van der Waals surface area contributed by atoms with Gasteiger partial charge in [0, 0.05) is 11.5 Å². The normalized spacial score (nSPS) is 28.7. The van der Waals surface area contributed by atoms with E-state index in [2.05, 4.69) is 6.92 Å². The highest BCUT2D eigenvalue weighted by Crippen LogP contribution is 2.55. The van der Waals surface area contributed by atoms with E-state index < -0.39 is 0 Å². The Bertz CT molecular complexity index is 204. The highest BCUT2D eigenvalue weighted by Gasteiger charge is 2.49. The van der Waals surface area contributed by atoms with Gasteiger partial charge < -0.3 is 10.5 Å². The molecule has 2 aliphatic rings. The van der Waals surface area contributed by atoms with E-state index in [0.29, 0.717) is 11.5 Å². The van der Waals surface area contributed by atoms with Gasteiger partial charge in [0.2, 0.25) is 0 Å². The summed E-state index contributed by atoms with van der Waals surface area (Å²) in [7, 11) is 0. The molecule has 1 aliphatic heterocycles. The fourth-order valence-electron chi connectivity index (χ4n) is 2.13. The van der Waals surface area contributed by atoms with Crippen LogP contribution < -0.4 is 5.73 Å². The number of rotatable bonds is 2. The first-order chi connectivity index (χ1) is 5.76. The Morgan fingerprint density at radius 1 is 1.58 bits per heavy atom. The molecule has 1 heterocycles. The minimum Gasteiger partial charge on any atom is -0.501 e. The summed E-state index contributed by atoms with van der Waals surface area (Å²) in [6.07, 6.45) is 6.85. The Kier molecular flexibility index (Phi) is 1.87. The summed E-state index contributed by atoms with van der Waals surface area (Å²) in [4.78, 5) is 0. The Morgan fingerprint density at radius 2 is 2.33 bits per heavy atom. The van der Waals surface area contributed by atoms with Crippen LogP contribution in [-0.4, -0.2) is 12.6 Å². The first-order valence-electron chi connectivity index (χ1n) is 4.82. The molecule has 0 aromatic rings. The van der Waals surface area contributed by atoms with Crippen LogP contribution in [-0.2, 0) is 4.74 Å². The number of nitrogens with two attached hydrogens (primary N) is 1. The van der Waals surface area contributed by atoms with Gasteiger partial charge in [-0.25, -0.2) is 0 Å². The smallest absolute Gasteiger partial charge is 0.0876 e. The third-order valence-electron chi connectivity index (χ3n) is 3.23. The Balaban J connectivity index is 2.12. The number of hydrogen-bond acceptors (Lipinski definition) is 2. The molecule has 0 bridgehead atoms. The average Bonchev–Trinajstić information content (AvgIpc) is 2.86. The molecule has 1 atom stereocenters. The van der Waals surface area contributed by atoms with Gasteiger partial charge in [-0.2, -0.15) is 0 Å². The lowest BCUT2D eigenvalue weighted by atomic mass is 9.86. The lowest BCUT2D eigenvalue weighted by Gasteiger charge is -2.25. The molecule has 2 rings (SSSR count). The summed E-state index contributed by atoms with van der Waals surface area (Å²) in [5.41, 5.74) is 7.76. The number of hydrogen-bond donors (Lipinski definition) is 1. The standard InChI is InChI=1S/C10H17NO/c1-8(11)10(4-5-10)9-3-2-6-12-7-9/h7-8H,2-6,11H2,1H3. The molecule has 2 nitrogen and oxygen atoms in total. The molecule has 0 spiro atoms. The van der Waals surface area contributed by atoms with Gasteiger partial charge >= 0.3 is 0 Å². The summed E-state index contributed by atoms with van der Waals surface area (Å²) in [5, 5.41) is 0. The first-order valence-corrected chi connectivity index (χ1v) is 4.82. The van der Waals surface area contributed by atoms with Crippen molar-refractivity contribution in [1.82, 2.24) is 0 Å². The van der Waals surface area contributed by atoms with Crippen LogP contribution in [0.25, 0.3) is 0 Å². The molecule has 0 saturated heterocycles. The zero-order chi connectivity index (χ0) is 8.60. The van der Waals surface area contributed by atoms with Gasteiger partial charge in [0.05, 0.1) is 12.9 Å². The van der Waals surface area contributed by atoms with Crippen molar-refractivity contribution < 1.29 is 4.74 Å². The van der Waals surface area contributed by atoms with Crippen LogP contribution in [0.15, 0.2) is 11.8 Å². The van der Waals surface area contributed by atoms with Crippen LogP contribution >= 0.6 is 0 Å². The van der Waals surface area contributed by atoms with E-state index >= 15 is 0 Å². The molecule has 1 aliphatic carbocycles. The largest absolute Gasteiger partial charge is 0.501 e. The Hall–Kier alpha value is -0.500. The van der Waals surface area contributed by atoms with Gasteiger partial charge in [0.25, 0.3) is 0 Å². The van der Waals surface area contributed by atoms with Crippen LogP contribution in [0.5, 0.6) is 0 Å². The van der Waals surface area contributed by atoms with Gasteiger partial charge in [-0.15, -0.1) is 0 Å². The summed E-state index contributed by atoms with van der Waals surface area (Å²) in [5.74, 6) is 0. The second-order valence-corrected chi connectivity index (χ2v) is 4.06. The maximum Gasteiger partial charge on any atom is 0.0876 e. The predicted octanol–water partition coefficient (Wildman–Crippen LogP) is 1.81. The van der Waals surface area contributed by atoms with E-state index in [1.807, 2.05) is 6.26 Å². The molecule has 0 aromatic heterocycles. The second kappa shape index (κ2) is 2.77. The van der Waals surface area contributed by atoms with Gasteiger partial charge in [0.1, 0.15) is 0 Å². The van der Waals surface area contributed by atoms with Crippen molar-refractivity contribution in [3.63, 3.8) is 0 Å². The molecule has 68 valence electrons. The summed E-state index contributed by atoms with van der Waals surface area (Å²) < 4.78 is 5.34. The molecule has 1 saturated carbocycles. The van der Waals surface area contributed by atoms with E-state index in [4.69, 9.17) is 10.5 Å². The highest BCUT2D eigenvalue weighted by molar-refractivity contribution is 5.24. The molecular formula is C10H17NO. The van der Waals surface area contributed by atoms with Crippen LogP contribution in [0.2, 0.25) is 0 Å². The van der Waals surface area contributed by atoms with E-state index in [1.54, 1.807) is 0 Å². The van der Waals surface area contributed by atoms with Crippen molar-refractivity contribution in [3.8, 4) is 0 Å². The SMILES string of the molecule is CC(N)C1(C2=COCCC2)CC1. The van der Waals surface area contributed by atoms with Crippen LogP contribution in [0.1, 0.15) is 32.6 Å². The lowest BCUT2D eigenvalue weighted by Crippen LogP contribution is -2.30. The fraction of sp³-hybridized carbons (Fsp3) is 0.800. The van der Waals surface area contributed by atoms with E-state index in [1.165, 1.54) is 31.3 Å². The molecule has 2 N–H and O–H groups in total. The van der Waals surface area contributed by atoms with Crippen molar-refractivity contribution in [2.45, 2.75) is 38.6 Å². The second-order valence-electron chi connectivity index (χ2n) is 4.06. The molecular weight excluding hydrogens is 150 g/mol. The van der Waals surface area contributed by atoms with Crippen molar-refractivity contribution in [3.05, 3.63) is 11.8 Å². The molecule has 0 amide bonds. The van der Waals surface area contributed by atoms with Crippen molar-refractivity contribution >= 4 is 0 Å². The highest BCUT2D eigenvalue weighted by atomic mass is 16.5. The van der Waals surface area contributed by atoms with Crippen LogP contribution in [0.4, 0.5) is 0 Å². The van der Waals surface area contributed by atoms with Gasteiger partial charge in [-0.1, -0.05) is 0 Å². The predicted molar refractivity (Wildman–Crippen MR) is 48.6 cm³/mol. The zero-order valence-electron chi connectivity index (χ0n) is 7.68. The summed E-state index contributed by atoms with van der Waals surface area (Å²) in [6.45, 7) is 3.00. The third-order valence-corrected chi connectivity index (χ3v) is 3.23. The van der Waals surface area contributed by atoms with Gasteiger partial charge in [-0.3, -0.25) is 0 Å². The molecule has 2 heteroatoms. The molecule has 0 radical (unpaired) electrons. The quantitative estimate of drug-likeness (QED) is 0.680. The maximum absolute atomic E-state index is 5.97. The van der Waals surface area contributed by atoms with Crippen LogP contribution in [0.3, 0.4) is 0 Å². The van der Waals surface area contributed by atoms with E-state index in [-0.39, 0.29) is 0 Å². The van der Waals surface area contributed by atoms with E-state index in [0.717, 1.165) is 6.61 Å². The molecule has 12 heavy (non-hydrogen) atoms. The topological polar surface area (TPSA) is 35.2 Å². The molecule has 1 fully saturated rings. The first kappa shape index (κ1) is 8.11. The van der Waals surface area contributed by atoms with Gasteiger partial charge in [-0.05, 0) is 38.2 Å². The van der Waals surface area contributed by atoms with Crippen molar-refractivity contribution in [2.75, 3.05) is 6.61 Å². The molecule has 1 unspecified atom stereocenters. The van der Waals surface area contributed by atoms with Gasteiger partial charge in [0.15, 0.2) is 0 Å². The minimum absolute atomic E-state index is 0.297. The number of ether oxygens (including phenoxy) is 1. The summed E-state index contributed by atoms with van der Waals surface area (Å²) in [6, 6.07) is 0.297. The third kappa shape index (κ3) is 1.14. The zero-order valence-corrected chi connectivity index (χ0v) is 7.68. The van der Waals surface area contributed by atoms with Crippen molar-refractivity contribution in [1.29, 1.82) is 0 Å². The lowest BCUT2D eigenvalue weighted by molar-refractivity contribution is 0.213. The molecule has 0 aromatic carbocycles. The van der Waals surface area contributed by atoms with E-state index in [9.17, 15) is 0 Å². The fourth-order valence-corrected chi connectivity index (χ4v) is 2.13. The van der Waals surface area contributed by atoms with Crippen LogP contribution in [0, 0.1) is 5.41 Å².